The van der Waals surface area contributed by atoms with E-state index in [-0.39, 0.29) is 0 Å². The summed E-state index contributed by atoms with van der Waals surface area (Å²) in [5, 5.41) is 6.62. The Morgan fingerprint density at radius 3 is 2.83 bits per heavy atom. The Kier molecular flexibility index (Phi) is 4.79. The largest absolute Gasteiger partial charge is 0.362 e. The molecule has 0 unspecified atom stereocenters. The molecular weight excluding hydrogens is 222 g/mol. The number of rotatable bonds is 5. The zero-order valence-corrected chi connectivity index (χ0v) is 11.2. The molecule has 0 aromatic heterocycles. The van der Waals surface area contributed by atoms with Crippen LogP contribution < -0.4 is 10.6 Å². The first kappa shape index (κ1) is 13.1. The fourth-order valence-corrected chi connectivity index (χ4v) is 2.55. The van der Waals surface area contributed by atoms with Crippen LogP contribution in [0.4, 0.5) is 5.69 Å². The second kappa shape index (κ2) is 6.57. The normalized spacial score (nSPS) is 16.8. The van der Waals surface area contributed by atoms with Crippen LogP contribution in [-0.4, -0.2) is 31.1 Å². The average molecular weight is 245 g/mol. The molecule has 0 saturated carbocycles. The van der Waals surface area contributed by atoms with Crippen LogP contribution in [0.15, 0.2) is 37.0 Å². The third-order valence-electron chi connectivity index (χ3n) is 3.63. The molecule has 1 heterocycles. The van der Waals surface area contributed by atoms with E-state index in [0.29, 0.717) is 6.04 Å². The highest BCUT2D eigenvalue weighted by Gasteiger charge is 2.18. The molecular formula is C15H23N3. The summed E-state index contributed by atoms with van der Waals surface area (Å²) in [6.45, 7) is 7.00. The van der Waals surface area contributed by atoms with E-state index < -0.39 is 0 Å². The highest BCUT2D eigenvalue weighted by atomic mass is 15.1. The van der Waals surface area contributed by atoms with Gasteiger partial charge in [-0.05, 0) is 50.8 Å². The molecule has 18 heavy (non-hydrogen) atoms. The molecule has 1 saturated heterocycles. The molecule has 0 bridgehead atoms. The van der Waals surface area contributed by atoms with Gasteiger partial charge in [-0.15, -0.1) is 0 Å². The van der Waals surface area contributed by atoms with Crippen LogP contribution in [-0.2, 0) is 6.54 Å². The van der Waals surface area contributed by atoms with Gasteiger partial charge in [0.15, 0.2) is 0 Å². The maximum absolute atomic E-state index is 3.73. The molecule has 3 nitrogen and oxygen atoms in total. The maximum Gasteiger partial charge on any atom is 0.0425 e. The fourth-order valence-electron chi connectivity index (χ4n) is 2.55. The SMILES string of the molecule is C=CNc1ccccc1CN(C)C1CCNCC1. The number of hydrogen-bond donors (Lipinski definition) is 2. The van der Waals surface area contributed by atoms with Gasteiger partial charge in [0.05, 0.1) is 0 Å². The van der Waals surface area contributed by atoms with Crippen LogP contribution in [0.25, 0.3) is 0 Å². The Balaban J connectivity index is 2.01. The van der Waals surface area contributed by atoms with Crippen molar-refractivity contribution in [1.29, 1.82) is 0 Å². The summed E-state index contributed by atoms with van der Waals surface area (Å²) in [7, 11) is 2.22. The minimum absolute atomic E-state index is 0.697. The topological polar surface area (TPSA) is 27.3 Å². The van der Waals surface area contributed by atoms with Crippen LogP contribution in [0.3, 0.4) is 0 Å². The van der Waals surface area contributed by atoms with Crippen molar-refractivity contribution in [3.63, 3.8) is 0 Å². The Morgan fingerprint density at radius 1 is 1.39 bits per heavy atom. The fraction of sp³-hybridized carbons (Fsp3) is 0.467. The predicted octanol–water partition coefficient (Wildman–Crippen LogP) is 2.43. The van der Waals surface area contributed by atoms with Crippen LogP contribution in [0, 0.1) is 0 Å². The number of hydrogen-bond acceptors (Lipinski definition) is 3. The summed E-state index contributed by atoms with van der Waals surface area (Å²) >= 11 is 0. The van der Waals surface area contributed by atoms with E-state index >= 15 is 0 Å². The van der Waals surface area contributed by atoms with Crippen LogP contribution in [0.2, 0.25) is 0 Å². The van der Waals surface area contributed by atoms with Crippen molar-refractivity contribution in [3.8, 4) is 0 Å². The van der Waals surface area contributed by atoms with Gasteiger partial charge < -0.3 is 10.6 Å². The van der Waals surface area contributed by atoms with Gasteiger partial charge in [-0.1, -0.05) is 24.8 Å². The molecule has 0 spiro atoms. The molecule has 1 aliphatic rings. The molecule has 1 aliphatic heterocycles. The molecule has 1 aromatic rings. The number of para-hydroxylation sites is 1. The Morgan fingerprint density at radius 2 is 2.11 bits per heavy atom. The average Bonchev–Trinajstić information content (AvgIpc) is 2.42. The molecule has 0 radical (unpaired) electrons. The zero-order valence-electron chi connectivity index (χ0n) is 11.2. The summed E-state index contributed by atoms with van der Waals surface area (Å²) in [6.07, 6.45) is 4.23. The van der Waals surface area contributed by atoms with E-state index in [2.05, 4.69) is 53.4 Å². The van der Waals surface area contributed by atoms with Gasteiger partial charge in [0.2, 0.25) is 0 Å². The van der Waals surface area contributed by atoms with Crippen molar-refractivity contribution in [2.75, 3.05) is 25.5 Å². The molecule has 3 heteroatoms. The second-order valence-electron chi connectivity index (χ2n) is 4.90. The first-order chi connectivity index (χ1) is 8.81. The Hall–Kier alpha value is -1.32. The number of nitrogens with one attached hydrogen (secondary N) is 2. The van der Waals surface area contributed by atoms with Crippen molar-refractivity contribution in [2.24, 2.45) is 0 Å². The van der Waals surface area contributed by atoms with Gasteiger partial charge in [-0.2, -0.15) is 0 Å². The minimum Gasteiger partial charge on any atom is -0.362 e. The number of benzene rings is 1. The quantitative estimate of drug-likeness (QED) is 0.834. The molecule has 98 valence electrons. The summed E-state index contributed by atoms with van der Waals surface area (Å²) in [4.78, 5) is 2.46. The van der Waals surface area contributed by atoms with Crippen molar-refractivity contribution < 1.29 is 0 Å². The summed E-state index contributed by atoms with van der Waals surface area (Å²) in [5.74, 6) is 0. The molecule has 2 N–H and O–H groups in total. The van der Waals surface area contributed by atoms with E-state index in [1.54, 1.807) is 6.20 Å². The van der Waals surface area contributed by atoms with Crippen LogP contribution >= 0.6 is 0 Å². The number of nitrogens with zero attached hydrogens (tertiary/aromatic N) is 1. The molecule has 2 rings (SSSR count). The smallest absolute Gasteiger partial charge is 0.0425 e. The monoisotopic (exact) mass is 245 g/mol. The van der Waals surface area contributed by atoms with Gasteiger partial charge in [-0.3, -0.25) is 4.90 Å². The first-order valence-corrected chi connectivity index (χ1v) is 6.67. The number of anilines is 1. The van der Waals surface area contributed by atoms with E-state index in [1.165, 1.54) is 18.4 Å². The molecule has 0 atom stereocenters. The minimum atomic E-state index is 0.697. The highest BCUT2D eigenvalue weighted by Crippen LogP contribution is 2.19. The third-order valence-corrected chi connectivity index (χ3v) is 3.63. The van der Waals surface area contributed by atoms with Crippen LogP contribution in [0.5, 0.6) is 0 Å². The predicted molar refractivity (Wildman–Crippen MR) is 77.6 cm³/mol. The standard InChI is InChI=1S/C15H23N3/c1-3-17-15-7-5-4-6-13(15)12-18(2)14-8-10-16-11-9-14/h3-7,14,16-17H,1,8-12H2,2H3. The Bertz CT molecular complexity index is 383. The summed E-state index contributed by atoms with van der Waals surface area (Å²) in [6, 6.07) is 9.14. The maximum atomic E-state index is 3.73. The lowest BCUT2D eigenvalue weighted by Gasteiger charge is -2.32. The van der Waals surface area contributed by atoms with Gasteiger partial charge in [0.25, 0.3) is 0 Å². The third kappa shape index (κ3) is 3.34. The Labute approximate surface area is 110 Å². The van der Waals surface area contributed by atoms with Crippen molar-refractivity contribution in [3.05, 3.63) is 42.6 Å². The second-order valence-corrected chi connectivity index (χ2v) is 4.90. The van der Waals surface area contributed by atoms with Crippen molar-refractivity contribution >= 4 is 5.69 Å². The lowest BCUT2D eigenvalue weighted by molar-refractivity contribution is 0.192. The van der Waals surface area contributed by atoms with Gasteiger partial charge in [-0.25, -0.2) is 0 Å². The highest BCUT2D eigenvalue weighted by molar-refractivity contribution is 5.52. The molecule has 1 aromatic carbocycles. The number of piperidine rings is 1. The van der Waals surface area contributed by atoms with Gasteiger partial charge >= 0.3 is 0 Å². The molecule has 0 amide bonds. The van der Waals surface area contributed by atoms with E-state index in [9.17, 15) is 0 Å². The van der Waals surface area contributed by atoms with Crippen molar-refractivity contribution in [1.82, 2.24) is 10.2 Å². The summed E-state index contributed by atoms with van der Waals surface area (Å²) < 4.78 is 0. The van der Waals surface area contributed by atoms with E-state index in [1.807, 2.05) is 0 Å². The molecule has 1 fully saturated rings. The molecule has 0 aliphatic carbocycles. The van der Waals surface area contributed by atoms with Crippen LogP contribution in [0.1, 0.15) is 18.4 Å². The first-order valence-electron chi connectivity index (χ1n) is 6.67. The van der Waals surface area contributed by atoms with E-state index in [4.69, 9.17) is 0 Å². The lowest BCUT2D eigenvalue weighted by atomic mass is 10.0. The van der Waals surface area contributed by atoms with E-state index in [0.717, 1.165) is 25.3 Å². The van der Waals surface area contributed by atoms with Gasteiger partial charge in [0, 0.05) is 18.3 Å². The van der Waals surface area contributed by atoms with Crippen molar-refractivity contribution in [2.45, 2.75) is 25.4 Å². The lowest BCUT2D eigenvalue weighted by Crippen LogP contribution is -2.40. The zero-order chi connectivity index (χ0) is 12.8. The summed E-state index contributed by atoms with van der Waals surface area (Å²) in [5.41, 5.74) is 2.49. The van der Waals surface area contributed by atoms with Gasteiger partial charge in [0.1, 0.15) is 0 Å².